The van der Waals surface area contributed by atoms with E-state index in [0.717, 1.165) is 19.6 Å². The summed E-state index contributed by atoms with van der Waals surface area (Å²) in [7, 11) is 0. The molecular formula is C19H11Cl2NOS2. The van der Waals surface area contributed by atoms with Crippen LogP contribution >= 0.6 is 46.7 Å². The van der Waals surface area contributed by atoms with Gasteiger partial charge in [0.05, 0.1) is 5.69 Å². The molecule has 0 saturated carbocycles. The molecule has 0 radical (unpaired) electrons. The van der Waals surface area contributed by atoms with Gasteiger partial charge >= 0.3 is 0 Å². The van der Waals surface area contributed by atoms with Gasteiger partial charge in [0.25, 0.3) is 0 Å². The largest absolute Gasteiger partial charge is 0.240 e. The van der Waals surface area contributed by atoms with E-state index in [0.29, 0.717) is 15.7 Å². The first-order chi connectivity index (χ1) is 12.1. The van der Waals surface area contributed by atoms with E-state index in [9.17, 15) is 4.79 Å². The van der Waals surface area contributed by atoms with E-state index >= 15 is 0 Å². The van der Waals surface area contributed by atoms with Crippen LogP contribution in [-0.2, 0) is 4.79 Å². The topological polar surface area (TPSA) is 29.4 Å². The molecule has 0 aromatic heterocycles. The van der Waals surface area contributed by atoms with Crippen molar-refractivity contribution in [3.05, 3.63) is 76.8 Å². The first kappa shape index (κ1) is 18.1. The van der Waals surface area contributed by atoms with Crippen LogP contribution in [0, 0.1) is 0 Å². The number of benzene rings is 3. The fourth-order valence-corrected chi connectivity index (χ4v) is 4.16. The van der Waals surface area contributed by atoms with Crippen molar-refractivity contribution in [1.29, 1.82) is 0 Å². The minimum atomic E-state index is 0.593. The van der Waals surface area contributed by atoms with Gasteiger partial charge in [0.2, 0.25) is 6.08 Å². The number of hydrogen-bond donors (Lipinski definition) is 0. The van der Waals surface area contributed by atoms with E-state index in [1.165, 1.54) is 11.8 Å². The van der Waals surface area contributed by atoms with E-state index in [2.05, 4.69) is 4.99 Å². The lowest BCUT2D eigenvalue weighted by atomic mass is 10.3. The molecule has 6 heteroatoms. The van der Waals surface area contributed by atoms with Crippen molar-refractivity contribution in [3.63, 3.8) is 0 Å². The third-order valence-electron chi connectivity index (χ3n) is 3.19. The van der Waals surface area contributed by atoms with Crippen molar-refractivity contribution in [3.8, 4) is 0 Å². The Morgan fingerprint density at radius 3 is 1.80 bits per heavy atom. The summed E-state index contributed by atoms with van der Waals surface area (Å²) in [5, 5.41) is 1.39. The standard InChI is InChI=1S/C19H11Cl2NOS2/c20-13-1-5-15(6-2-13)24-17-9-10-18(22-12-23)19(11-17)25-16-7-3-14(21)4-8-16/h1-11H. The summed E-state index contributed by atoms with van der Waals surface area (Å²) >= 11 is 15.0. The maximum Gasteiger partial charge on any atom is 0.240 e. The van der Waals surface area contributed by atoms with Crippen LogP contribution in [-0.4, -0.2) is 6.08 Å². The molecule has 0 amide bonds. The molecule has 0 saturated heterocycles. The van der Waals surface area contributed by atoms with Crippen molar-refractivity contribution in [2.24, 2.45) is 4.99 Å². The highest BCUT2D eigenvalue weighted by Crippen LogP contribution is 2.39. The lowest BCUT2D eigenvalue weighted by Gasteiger charge is -2.08. The number of aliphatic imine (C=N–C) groups is 1. The quantitative estimate of drug-likeness (QED) is 0.331. The summed E-state index contributed by atoms with van der Waals surface area (Å²) < 4.78 is 0. The van der Waals surface area contributed by atoms with Gasteiger partial charge < -0.3 is 0 Å². The Labute approximate surface area is 164 Å². The maximum absolute atomic E-state index is 10.7. The van der Waals surface area contributed by atoms with Crippen molar-refractivity contribution < 1.29 is 4.79 Å². The number of carbonyl (C=O) groups excluding carboxylic acids is 1. The Morgan fingerprint density at radius 2 is 1.24 bits per heavy atom. The minimum Gasteiger partial charge on any atom is -0.211 e. The van der Waals surface area contributed by atoms with Gasteiger partial charge in [0.1, 0.15) is 0 Å². The van der Waals surface area contributed by atoms with Gasteiger partial charge in [0, 0.05) is 29.6 Å². The molecule has 0 unspecified atom stereocenters. The maximum atomic E-state index is 10.7. The van der Waals surface area contributed by atoms with Crippen molar-refractivity contribution in [2.45, 2.75) is 19.6 Å². The van der Waals surface area contributed by atoms with Gasteiger partial charge in [-0.3, -0.25) is 0 Å². The summed E-state index contributed by atoms with van der Waals surface area (Å²) in [6, 6.07) is 20.9. The highest BCUT2D eigenvalue weighted by Gasteiger charge is 2.07. The molecular weight excluding hydrogens is 393 g/mol. The van der Waals surface area contributed by atoms with Crippen LogP contribution in [0.2, 0.25) is 10.0 Å². The lowest BCUT2D eigenvalue weighted by Crippen LogP contribution is -1.79. The van der Waals surface area contributed by atoms with Gasteiger partial charge in [-0.05, 0) is 66.7 Å². The predicted molar refractivity (Wildman–Crippen MR) is 105 cm³/mol. The first-order valence-electron chi connectivity index (χ1n) is 7.23. The Kier molecular flexibility index (Phi) is 6.24. The molecule has 0 bridgehead atoms. The van der Waals surface area contributed by atoms with Crippen LogP contribution < -0.4 is 0 Å². The van der Waals surface area contributed by atoms with Crippen molar-refractivity contribution in [1.82, 2.24) is 0 Å². The van der Waals surface area contributed by atoms with Crippen LogP contribution in [0.15, 0.2) is 91.3 Å². The zero-order valence-electron chi connectivity index (χ0n) is 12.8. The van der Waals surface area contributed by atoms with Crippen molar-refractivity contribution in [2.75, 3.05) is 0 Å². The number of rotatable bonds is 5. The molecule has 25 heavy (non-hydrogen) atoms. The molecule has 3 rings (SSSR count). The summed E-state index contributed by atoms with van der Waals surface area (Å²) in [4.78, 5) is 18.5. The summed E-state index contributed by atoms with van der Waals surface area (Å²) in [5.74, 6) is 0. The summed E-state index contributed by atoms with van der Waals surface area (Å²) in [6.07, 6.45) is 1.61. The average Bonchev–Trinajstić information content (AvgIpc) is 2.61. The Balaban J connectivity index is 1.89. The van der Waals surface area contributed by atoms with Crippen LogP contribution in [0.3, 0.4) is 0 Å². The highest BCUT2D eigenvalue weighted by molar-refractivity contribution is 8.00. The second kappa shape index (κ2) is 8.61. The van der Waals surface area contributed by atoms with Gasteiger partial charge in [-0.25, -0.2) is 4.79 Å². The molecule has 2 nitrogen and oxygen atoms in total. The SMILES string of the molecule is O=C=Nc1ccc(Sc2ccc(Cl)cc2)cc1Sc1ccc(Cl)cc1. The zero-order valence-corrected chi connectivity index (χ0v) is 15.9. The summed E-state index contributed by atoms with van der Waals surface area (Å²) in [6.45, 7) is 0. The monoisotopic (exact) mass is 403 g/mol. The molecule has 0 aliphatic heterocycles. The number of halogens is 2. The smallest absolute Gasteiger partial charge is 0.211 e. The second-order valence-electron chi connectivity index (χ2n) is 4.94. The molecule has 0 aliphatic rings. The lowest BCUT2D eigenvalue weighted by molar-refractivity contribution is 0.565. The second-order valence-corrected chi connectivity index (χ2v) is 8.08. The fourth-order valence-electron chi connectivity index (χ4n) is 2.05. The van der Waals surface area contributed by atoms with Gasteiger partial charge in [0.15, 0.2) is 0 Å². The molecule has 124 valence electrons. The minimum absolute atomic E-state index is 0.593. The van der Waals surface area contributed by atoms with Gasteiger partial charge in [-0.2, -0.15) is 4.99 Å². The molecule has 0 aliphatic carbocycles. The third-order valence-corrected chi connectivity index (χ3v) is 5.74. The Hall–Kier alpha value is -1.68. The fraction of sp³-hybridized carbons (Fsp3) is 0. The van der Waals surface area contributed by atoms with E-state index in [1.807, 2.05) is 66.7 Å². The molecule has 3 aromatic rings. The number of isocyanates is 1. The number of nitrogens with zero attached hydrogens (tertiary/aromatic N) is 1. The van der Waals surface area contributed by atoms with Crippen LogP contribution in [0.5, 0.6) is 0 Å². The zero-order chi connectivity index (χ0) is 17.6. The van der Waals surface area contributed by atoms with E-state index in [1.54, 1.807) is 17.8 Å². The number of hydrogen-bond acceptors (Lipinski definition) is 4. The molecule has 0 heterocycles. The molecule has 0 atom stereocenters. The van der Waals surface area contributed by atoms with Crippen LogP contribution in [0.4, 0.5) is 5.69 Å². The van der Waals surface area contributed by atoms with Gasteiger partial charge in [-0.1, -0.05) is 46.7 Å². The predicted octanol–water partition coefficient (Wildman–Crippen LogP) is 7.26. The highest BCUT2D eigenvalue weighted by atomic mass is 35.5. The van der Waals surface area contributed by atoms with Crippen LogP contribution in [0.1, 0.15) is 0 Å². The first-order valence-corrected chi connectivity index (χ1v) is 9.62. The van der Waals surface area contributed by atoms with E-state index < -0.39 is 0 Å². The Bertz CT molecular complexity index is 921. The van der Waals surface area contributed by atoms with Gasteiger partial charge in [-0.15, -0.1) is 0 Å². The molecule has 3 aromatic carbocycles. The van der Waals surface area contributed by atoms with Crippen molar-refractivity contribution >= 4 is 58.5 Å². The normalized spacial score (nSPS) is 10.3. The third kappa shape index (κ3) is 5.15. The summed E-state index contributed by atoms with van der Waals surface area (Å²) in [5.41, 5.74) is 0.593. The Morgan fingerprint density at radius 1 is 0.720 bits per heavy atom. The average molecular weight is 404 g/mol. The van der Waals surface area contributed by atoms with E-state index in [4.69, 9.17) is 23.2 Å². The molecule has 0 N–H and O–H groups in total. The molecule has 0 spiro atoms. The van der Waals surface area contributed by atoms with Crippen LogP contribution in [0.25, 0.3) is 0 Å². The van der Waals surface area contributed by atoms with E-state index in [-0.39, 0.29) is 0 Å². The molecule has 0 fully saturated rings.